The first-order valence-corrected chi connectivity index (χ1v) is 4.64. The minimum Gasteiger partial charge on any atom is -0.376 e. The molecule has 1 fully saturated rings. The van der Waals surface area contributed by atoms with E-state index in [2.05, 4.69) is 0 Å². The van der Waals surface area contributed by atoms with Crippen LogP contribution in [-0.2, 0) is 9.47 Å². The molecule has 1 unspecified atom stereocenters. The molecule has 14 heavy (non-hydrogen) atoms. The number of benzene rings is 1. The fourth-order valence-electron chi connectivity index (χ4n) is 1.51. The topological polar surface area (TPSA) is 35.5 Å². The van der Waals surface area contributed by atoms with Gasteiger partial charge in [0.05, 0.1) is 19.8 Å². The standard InChI is InChI=1S/C11H12O3/c12-7-9-2-1-3-10(6-9)11-8-13-4-5-14-11/h1-3,6-7,11H,4-5,8H2. The highest BCUT2D eigenvalue weighted by atomic mass is 16.6. The summed E-state index contributed by atoms with van der Waals surface area (Å²) in [5.41, 5.74) is 1.69. The van der Waals surface area contributed by atoms with Crippen LogP contribution in [0.4, 0.5) is 0 Å². The molecule has 0 aromatic heterocycles. The zero-order valence-electron chi connectivity index (χ0n) is 7.81. The van der Waals surface area contributed by atoms with Crippen molar-refractivity contribution in [2.45, 2.75) is 6.10 Å². The van der Waals surface area contributed by atoms with Gasteiger partial charge >= 0.3 is 0 Å². The van der Waals surface area contributed by atoms with Gasteiger partial charge in [-0.1, -0.05) is 18.2 Å². The maximum absolute atomic E-state index is 10.6. The molecular weight excluding hydrogens is 180 g/mol. The van der Waals surface area contributed by atoms with Crippen molar-refractivity contribution in [1.29, 1.82) is 0 Å². The van der Waals surface area contributed by atoms with E-state index in [9.17, 15) is 4.79 Å². The molecule has 1 aliphatic rings. The van der Waals surface area contributed by atoms with Gasteiger partial charge in [-0.25, -0.2) is 0 Å². The highest BCUT2D eigenvalue weighted by Gasteiger charge is 2.16. The van der Waals surface area contributed by atoms with Gasteiger partial charge in [0.2, 0.25) is 0 Å². The Balaban J connectivity index is 2.17. The molecule has 0 amide bonds. The van der Waals surface area contributed by atoms with E-state index in [1.807, 2.05) is 18.2 Å². The van der Waals surface area contributed by atoms with E-state index in [0.29, 0.717) is 25.4 Å². The van der Waals surface area contributed by atoms with Gasteiger partial charge in [-0.05, 0) is 11.6 Å². The average molecular weight is 192 g/mol. The third kappa shape index (κ3) is 2.00. The van der Waals surface area contributed by atoms with Crippen LogP contribution in [-0.4, -0.2) is 26.1 Å². The van der Waals surface area contributed by atoms with E-state index in [4.69, 9.17) is 9.47 Å². The van der Waals surface area contributed by atoms with Crippen LogP contribution in [0.3, 0.4) is 0 Å². The monoisotopic (exact) mass is 192 g/mol. The van der Waals surface area contributed by atoms with Gasteiger partial charge in [-0.3, -0.25) is 4.79 Å². The Morgan fingerprint density at radius 2 is 2.29 bits per heavy atom. The fraction of sp³-hybridized carbons (Fsp3) is 0.364. The molecule has 3 nitrogen and oxygen atoms in total. The van der Waals surface area contributed by atoms with Gasteiger partial charge < -0.3 is 9.47 Å². The predicted molar refractivity (Wildman–Crippen MR) is 51.3 cm³/mol. The van der Waals surface area contributed by atoms with Crippen molar-refractivity contribution in [1.82, 2.24) is 0 Å². The molecule has 0 aliphatic carbocycles. The summed E-state index contributed by atoms with van der Waals surface area (Å²) in [5.74, 6) is 0. The van der Waals surface area contributed by atoms with Crippen molar-refractivity contribution in [3.05, 3.63) is 35.4 Å². The van der Waals surface area contributed by atoms with E-state index in [0.717, 1.165) is 11.8 Å². The number of hydrogen-bond donors (Lipinski definition) is 0. The lowest BCUT2D eigenvalue weighted by molar-refractivity contribution is -0.0901. The first-order valence-electron chi connectivity index (χ1n) is 4.64. The summed E-state index contributed by atoms with van der Waals surface area (Å²) in [5, 5.41) is 0. The summed E-state index contributed by atoms with van der Waals surface area (Å²) in [4.78, 5) is 10.6. The molecule has 0 bridgehead atoms. The third-order valence-electron chi connectivity index (χ3n) is 2.23. The van der Waals surface area contributed by atoms with Crippen LogP contribution in [0.1, 0.15) is 22.0 Å². The maximum Gasteiger partial charge on any atom is 0.150 e. The molecule has 1 atom stereocenters. The molecule has 0 saturated carbocycles. The van der Waals surface area contributed by atoms with Gasteiger partial charge in [0.25, 0.3) is 0 Å². The molecule has 1 saturated heterocycles. The highest BCUT2D eigenvalue weighted by molar-refractivity contribution is 5.74. The van der Waals surface area contributed by atoms with E-state index in [-0.39, 0.29) is 6.10 Å². The molecule has 0 N–H and O–H groups in total. The molecule has 1 aliphatic heterocycles. The Hall–Kier alpha value is -1.19. The lowest BCUT2D eigenvalue weighted by atomic mass is 10.1. The van der Waals surface area contributed by atoms with E-state index in [1.165, 1.54) is 0 Å². The summed E-state index contributed by atoms with van der Waals surface area (Å²) in [7, 11) is 0. The van der Waals surface area contributed by atoms with Crippen molar-refractivity contribution < 1.29 is 14.3 Å². The Morgan fingerprint density at radius 1 is 1.36 bits per heavy atom. The normalized spacial score (nSPS) is 21.9. The van der Waals surface area contributed by atoms with Crippen molar-refractivity contribution in [2.75, 3.05) is 19.8 Å². The molecule has 74 valence electrons. The number of carbonyl (C=O) groups is 1. The van der Waals surface area contributed by atoms with Gasteiger partial charge in [0, 0.05) is 5.56 Å². The maximum atomic E-state index is 10.6. The minimum atomic E-state index is -0.0244. The minimum absolute atomic E-state index is 0.0244. The smallest absolute Gasteiger partial charge is 0.150 e. The van der Waals surface area contributed by atoms with E-state index >= 15 is 0 Å². The van der Waals surface area contributed by atoms with Crippen LogP contribution in [0.5, 0.6) is 0 Å². The summed E-state index contributed by atoms with van der Waals surface area (Å²) in [6, 6.07) is 7.43. The number of carbonyl (C=O) groups excluding carboxylic acids is 1. The van der Waals surface area contributed by atoms with Gasteiger partial charge in [-0.15, -0.1) is 0 Å². The summed E-state index contributed by atoms with van der Waals surface area (Å²) in [6.45, 7) is 1.85. The van der Waals surface area contributed by atoms with Crippen molar-refractivity contribution >= 4 is 6.29 Å². The lowest BCUT2D eigenvalue weighted by Gasteiger charge is -2.23. The molecule has 2 rings (SSSR count). The van der Waals surface area contributed by atoms with Gasteiger partial charge in [0.1, 0.15) is 12.4 Å². The molecule has 0 radical (unpaired) electrons. The van der Waals surface area contributed by atoms with Crippen LogP contribution in [0.15, 0.2) is 24.3 Å². The zero-order chi connectivity index (χ0) is 9.80. The Morgan fingerprint density at radius 3 is 3.00 bits per heavy atom. The Labute approximate surface area is 82.6 Å². The second-order valence-electron chi connectivity index (χ2n) is 3.22. The highest BCUT2D eigenvalue weighted by Crippen LogP contribution is 2.20. The Kier molecular flexibility index (Phi) is 2.91. The summed E-state index contributed by atoms with van der Waals surface area (Å²) >= 11 is 0. The van der Waals surface area contributed by atoms with Crippen LogP contribution in [0, 0.1) is 0 Å². The van der Waals surface area contributed by atoms with Gasteiger partial charge in [-0.2, -0.15) is 0 Å². The summed E-state index contributed by atoms with van der Waals surface area (Å²) in [6.07, 6.45) is 0.816. The molecule has 1 heterocycles. The second-order valence-corrected chi connectivity index (χ2v) is 3.22. The van der Waals surface area contributed by atoms with Crippen molar-refractivity contribution in [3.8, 4) is 0 Å². The molecule has 1 aromatic carbocycles. The Bertz CT molecular complexity index is 316. The van der Waals surface area contributed by atoms with E-state index in [1.54, 1.807) is 6.07 Å². The number of aldehydes is 1. The summed E-state index contributed by atoms with van der Waals surface area (Å²) < 4.78 is 10.8. The molecule has 3 heteroatoms. The quantitative estimate of drug-likeness (QED) is 0.667. The largest absolute Gasteiger partial charge is 0.376 e. The lowest BCUT2D eigenvalue weighted by Crippen LogP contribution is -2.21. The zero-order valence-corrected chi connectivity index (χ0v) is 7.81. The number of rotatable bonds is 2. The SMILES string of the molecule is O=Cc1cccc(C2COCCO2)c1. The van der Waals surface area contributed by atoms with Crippen LogP contribution in [0.2, 0.25) is 0 Å². The third-order valence-corrected chi connectivity index (χ3v) is 2.23. The molecular formula is C11H12O3. The molecule has 0 spiro atoms. The van der Waals surface area contributed by atoms with Crippen molar-refractivity contribution in [2.24, 2.45) is 0 Å². The van der Waals surface area contributed by atoms with Gasteiger partial charge in [0.15, 0.2) is 0 Å². The average Bonchev–Trinajstić information content (AvgIpc) is 2.30. The van der Waals surface area contributed by atoms with E-state index < -0.39 is 0 Å². The van der Waals surface area contributed by atoms with Crippen molar-refractivity contribution in [3.63, 3.8) is 0 Å². The first kappa shape index (κ1) is 9.37. The second kappa shape index (κ2) is 4.35. The van der Waals surface area contributed by atoms with Crippen LogP contribution >= 0.6 is 0 Å². The fourth-order valence-corrected chi connectivity index (χ4v) is 1.51. The number of ether oxygens (including phenoxy) is 2. The number of hydrogen-bond acceptors (Lipinski definition) is 3. The van der Waals surface area contributed by atoms with Crippen LogP contribution < -0.4 is 0 Å². The van der Waals surface area contributed by atoms with Crippen LogP contribution in [0.25, 0.3) is 0 Å². The predicted octanol–water partition coefficient (Wildman–Crippen LogP) is 1.59. The molecule has 1 aromatic rings. The first-order chi connectivity index (χ1) is 6.90.